The molecule has 20 heavy (non-hydrogen) atoms. The number of benzene rings is 1. The Morgan fingerprint density at radius 3 is 2.30 bits per heavy atom. The molecule has 1 aromatic carbocycles. The summed E-state index contributed by atoms with van der Waals surface area (Å²) in [5, 5.41) is 2.40. The maximum atomic E-state index is 12.0. The minimum Gasteiger partial charge on any atom is -0.352 e. The number of unbranched alkanes of at least 4 members (excludes halogenated alkanes) is 1. The fourth-order valence-corrected chi connectivity index (χ4v) is 2.76. The Morgan fingerprint density at radius 1 is 1.20 bits per heavy atom. The zero-order valence-electron chi connectivity index (χ0n) is 12.3. The number of nitrogens with one attached hydrogen (secondary N) is 1. The summed E-state index contributed by atoms with van der Waals surface area (Å²) in [6.45, 7) is 5.81. The van der Waals surface area contributed by atoms with Crippen molar-refractivity contribution < 1.29 is 13.2 Å². The van der Waals surface area contributed by atoms with Crippen LogP contribution in [0.2, 0.25) is 0 Å². The lowest BCUT2D eigenvalue weighted by molar-refractivity contribution is -0.121. The van der Waals surface area contributed by atoms with Gasteiger partial charge in [-0.05, 0) is 38.0 Å². The topological polar surface area (TPSA) is 63.2 Å². The van der Waals surface area contributed by atoms with Crippen molar-refractivity contribution in [2.75, 3.05) is 0 Å². The summed E-state index contributed by atoms with van der Waals surface area (Å²) in [6, 6.07) is 6.69. The molecule has 0 atom stereocenters. The molecule has 0 aromatic heterocycles. The number of hydrogen-bond donors (Lipinski definition) is 1. The van der Waals surface area contributed by atoms with Crippen LogP contribution in [0, 0.1) is 0 Å². The third-order valence-corrected chi connectivity index (χ3v) is 5.29. The van der Waals surface area contributed by atoms with Crippen LogP contribution in [-0.4, -0.2) is 19.6 Å². The first-order valence-electron chi connectivity index (χ1n) is 6.97. The quantitative estimate of drug-likeness (QED) is 0.841. The van der Waals surface area contributed by atoms with Crippen LogP contribution in [-0.2, 0) is 21.2 Å². The van der Waals surface area contributed by atoms with Crippen LogP contribution in [0.3, 0.4) is 0 Å². The molecule has 1 amide bonds. The van der Waals surface area contributed by atoms with Gasteiger partial charge in [-0.2, -0.15) is 0 Å². The average molecular weight is 297 g/mol. The van der Waals surface area contributed by atoms with E-state index in [-0.39, 0.29) is 5.91 Å². The molecule has 0 saturated carbocycles. The van der Waals surface area contributed by atoms with Gasteiger partial charge in [0.15, 0.2) is 9.84 Å². The highest BCUT2D eigenvalue weighted by Crippen LogP contribution is 2.16. The summed E-state index contributed by atoms with van der Waals surface area (Å²) in [4.78, 5) is 11.8. The fourth-order valence-electron chi connectivity index (χ4n) is 1.70. The third-order valence-electron chi connectivity index (χ3n) is 3.12. The Balaban J connectivity index is 2.62. The number of hydrogen-bond acceptors (Lipinski definition) is 3. The molecule has 1 aromatic rings. The first kappa shape index (κ1) is 16.7. The van der Waals surface area contributed by atoms with Gasteiger partial charge in [0.25, 0.3) is 0 Å². The minimum absolute atomic E-state index is 0.0331. The van der Waals surface area contributed by atoms with E-state index in [0.717, 1.165) is 18.4 Å². The molecule has 0 heterocycles. The second kappa shape index (κ2) is 7.43. The third kappa shape index (κ3) is 4.63. The molecule has 0 aliphatic rings. The van der Waals surface area contributed by atoms with Gasteiger partial charge in [0.05, 0.1) is 10.1 Å². The highest BCUT2D eigenvalue weighted by atomic mass is 32.2. The van der Waals surface area contributed by atoms with Crippen LogP contribution >= 0.6 is 0 Å². The van der Waals surface area contributed by atoms with Crippen LogP contribution in [0.1, 0.15) is 45.6 Å². The summed E-state index contributed by atoms with van der Waals surface area (Å²) in [5.41, 5.74) is 0.901. The monoisotopic (exact) mass is 297 g/mol. The van der Waals surface area contributed by atoms with E-state index >= 15 is 0 Å². The molecule has 0 spiro atoms. The van der Waals surface area contributed by atoms with Crippen molar-refractivity contribution in [1.29, 1.82) is 0 Å². The number of amides is 1. The summed E-state index contributed by atoms with van der Waals surface area (Å²) in [7, 11) is -3.22. The molecular weight excluding hydrogens is 274 g/mol. The van der Waals surface area contributed by atoms with Crippen LogP contribution in [0.15, 0.2) is 29.2 Å². The van der Waals surface area contributed by atoms with Gasteiger partial charge in [-0.25, -0.2) is 8.42 Å². The van der Waals surface area contributed by atoms with E-state index in [2.05, 4.69) is 5.32 Å². The van der Waals surface area contributed by atoms with Crippen LogP contribution in [0.25, 0.3) is 0 Å². The molecule has 4 nitrogen and oxygen atoms in total. The number of sulfone groups is 1. The highest BCUT2D eigenvalue weighted by Gasteiger charge is 2.18. The van der Waals surface area contributed by atoms with Gasteiger partial charge in [-0.1, -0.05) is 25.5 Å². The van der Waals surface area contributed by atoms with Gasteiger partial charge in [-0.15, -0.1) is 0 Å². The highest BCUT2D eigenvalue weighted by molar-refractivity contribution is 7.92. The normalized spacial score (nSPS) is 11.6. The molecule has 0 unspecified atom stereocenters. The summed E-state index contributed by atoms with van der Waals surface area (Å²) < 4.78 is 23.9. The summed E-state index contributed by atoms with van der Waals surface area (Å²) >= 11 is 0. The van der Waals surface area contributed by atoms with Crippen LogP contribution in [0.4, 0.5) is 0 Å². The van der Waals surface area contributed by atoms with E-state index in [9.17, 15) is 13.2 Å². The van der Waals surface area contributed by atoms with Crippen molar-refractivity contribution in [3.63, 3.8) is 0 Å². The van der Waals surface area contributed by atoms with E-state index in [1.807, 2.05) is 6.92 Å². The lowest BCUT2D eigenvalue weighted by atomic mass is 10.2. The molecule has 0 fully saturated rings. The van der Waals surface area contributed by atoms with Crippen molar-refractivity contribution in [2.45, 2.75) is 56.7 Å². The van der Waals surface area contributed by atoms with E-state index in [1.54, 1.807) is 38.1 Å². The average Bonchev–Trinajstić information content (AvgIpc) is 2.43. The van der Waals surface area contributed by atoms with Crippen molar-refractivity contribution in [2.24, 2.45) is 0 Å². The SMILES string of the molecule is CCCCC(=O)NCc1ccc(S(=O)(=O)C(C)C)cc1. The summed E-state index contributed by atoms with van der Waals surface area (Å²) in [6.07, 6.45) is 2.42. The lowest BCUT2D eigenvalue weighted by Crippen LogP contribution is -2.22. The first-order chi connectivity index (χ1) is 9.37. The molecule has 1 rings (SSSR count). The Kier molecular flexibility index (Phi) is 6.20. The first-order valence-corrected chi connectivity index (χ1v) is 8.52. The Bertz CT molecular complexity index is 533. The Morgan fingerprint density at radius 2 is 1.80 bits per heavy atom. The van der Waals surface area contributed by atoms with E-state index in [1.165, 1.54) is 0 Å². The minimum atomic E-state index is -3.22. The van der Waals surface area contributed by atoms with Crippen molar-refractivity contribution in [1.82, 2.24) is 5.32 Å². The Labute approximate surface area is 121 Å². The molecule has 112 valence electrons. The fraction of sp³-hybridized carbons (Fsp3) is 0.533. The molecule has 0 bridgehead atoms. The van der Waals surface area contributed by atoms with E-state index < -0.39 is 15.1 Å². The van der Waals surface area contributed by atoms with Crippen molar-refractivity contribution in [3.8, 4) is 0 Å². The van der Waals surface area contributed by atoms with Gasteiger partial charge >= 0.3 is 0 Å². The van der Waals surface area contributed by atoms with Gasteiger partial charge < -0.3 is 5.32 Å². The van der Waals surface area contributed by atoms with Crippen LogP contribution < -0.4 is 5.32 Å². The predicted octanol–water partition coefficient (Wildman–Crippen LogP) is 2.68. The molecule has 0 aliphatic heterocycles. The molecule has 5 heteroatoms. The molecular formula is C15H23NO3S. The number of rotatable bonds is 7. The van der Waals surface area contributed by atoms with E-state index in [4.69, 9.17) is 0 Å². The zero-order chi connectivity index (χ0) is 15.2. The molecule has 1 N–H and O–H groups in total. The largest absolute Gasteiger partial charge is 0.352 e. The van der Waals surface area contributed by atoms with E-state index in [0.29, 0.717) is 17.9 Å². The van der Waals surface area contributed by atoms with Gasteiger partial charge in [0, 0.05) is 13.0 Å². The maximum absolute atomic E-state index is 12.0. The zero-order valence-corrected chi connectivity index (χ0v) is 13.2. The predicted molar refractivity (Wildman–Crippen MR) is 80.1 cm³/mol. The Hall–Kier alpha value is -1.36. The van der Waals surface area contributed by atoms with Crippen LogP contribution in [0.5, 0.6) is 0 Å². The maximum Gasteiger partial charge on any atom is 0.220 e. The van der Waals surface area contributed by atoms with Gasteiger partial charge in [0.2, 0.25) is 5.91 Å². The number of carbonyl (C=O) groups is 1. The second-order valence-corrected chi connectivity index (χ2v) is 7.62. The number of carbonyl (C=O) groups excluding carboxylic acids is 1. The van der Waals surface area contributed by atoms with Gasteiger partial charge in [-0.3, -0.25) is 4.79 Å². The summed E-state index contributed by atoms with van der Waals surface area (Å²) in [5.74, 6) is 0.0331. The smallest absolute Gasteiger partial charge is 0.220 e. The lowest BCUT2D eigenvalue weighted by Gasteiger charge is -2.09. The van der Waals surface area contributed by atoms with Gasteiger partial charge in [0.1, 0.15) is 0 Å². The second-order valence-electron chi connectivity index (χ2n) is 5.12. The van der Waals surface area contributed by atoms with Crippen molar-refractivity contribution >= 4 is 15.7 Å². The molecule has 0 radical (unpaired) electrons. The molecule has 0 aliphatic carbocycles. The standard InChI is InChI=1S/C15H23NO3S/c1-4-5-6-15(17)16-11-13-7-9-14(10-8-13)20(18,19)12(2)3/h7-10,12H,4-6,11H2,1-3H3,(H,16,17). The molecule has 0 saturated heterocycles. The van der Waals surface area contributed by atoms with Crippen molar-refractivity contribution in [3.05, 3.63) is 29.8 Å².